The summed E-state index contributed by atoms with van der Waals surface area (Å²) in [5, 5.41) is 2.59. The summed E-state index contributed by atoms with van der Waals surface area (Å²) in [6, 6.07) is 11.7. The first kappa shape index (κ1) is 13.6. The molecule has 0 aliphatic heterocycles. The maximum absolute atomic E-state index is 2.59. The Morgan fingerprint density at radius 3 is 2.56 bits per heavy atom. The van der Waals surface area contributed by atoms with Gasteiger partial charge in [-0.05, 0) is 24.7 Å². The van der Waals surface area contributed by atoms with E-state index in [0.717, 1.165) is 30.3 Å². The van der Waals surface area contributed by atoms with Gasteiger partial charge >= 0.3 is 0 Å². The number of hydrogen-bond acceptors (Lipinski definition) is 0. The molecule has 1 fully saturated rings. The minimum Gasteiger partial charge on any atom is -0.340 e. The highest BCUT2D eigenvalue weighted by Crippen LogP contribution is 2.31. The van der Waals surface area contributed by atoms with Crippen molar-refractivity contribution in [2.75, 3.05) is 0 Å². The third kappa shape index (κ3) is 3.58. The smallest absolute Gasteiger partial charge is 0.101 e. The van der Waals surface area contributed by atoms with E-state index in [9.17, 15) is 0 Å². The van der Waals surface area contributed by atoms with Crippen LogP contribution in [-0.4, -0.2) is 6.04 Å². The number of quaternary nitrogens is 1. The third-order valence-corrected chi connectivity index (χ3v) is 4.57. The molecule has 0 bridgehead atoms. The van der Waals surface area contributed by atoms with Crippen molar-refractivity contribution in [3.05, 3.63) is 35.9 Å². The normalized spacial score (nSPS) is 28.6. The van der Waals surface area contributed by atoms with Crippen molar-refractivity contribution in [1.29, 1.82) is 0 Å². The molecule has 1 aliphatic rings. The van der Waals surface area contributed by atoms with Gasteiger partial charge in [-0.15, -0.1) is 0 Å². The highest BCUT2D eigenvalue weighted by Gasteiger charge is 2.32. The molecule has 0 radical (unpaired) electrons. The molecule has 0 unspecified atom stereocenters. The summed E-state index contributed by atoms with van der Waals surface area (Å²) in [5.74, 6) is 2.65. The van der Waals surface area contributed by atoms with Crippen molar-refractivity contribution in [1.82, 2.24) is 0 Å². The van der Waals surface area contributed by atoms with Crippen LogP contribution in [0.1, 0.15) is 45.6 Å². The topological polar surface area (TPSA) is 16.6 Å². The minimum atomic E-state index is 0.828. The summed E-state index contributed by atoms with van der Waals surface area (Å²) in [6.07, 6.45) is 4.25. The average Bonchev–Trinajstić information content (AvgIpc) is 2.37. The van der Waals surface area contributed by atoms with E-state index in [0.29, 0.717) is 0 Å². The highest BCUT2D eigenvalue weighted by molar-refractivity contribution is 5.13. The van der Waals surface area contributed by atoms with Crippen molar-refractivity contribution >= 4 is 0 Å². The Morgan fingerprint density at radius 2 is 1.89 bits per heavy atom. The Bertz CT molecular complexity index is 344. The quantitative estimate of drug-likeness (QED) is 0.840. The van der Waals surface area contributed by atoms with Crippen LogP contribution in [0.4, 0.5) is 0 Å². The van der Waals surface area contributed by atoms with Crippen LogP contribution in [0, 0.1) is 17.8 Å². The molecule has 0 aromatic heterocycles. The number of benzene rings is 1. The van der Waals surface area contributed by atoms with Crippen LogP contribution in [0.3, 0.4) is 0 Å². The van der Waals surface area contributed by atoms with Gasteiger partial charge in [-0.3, -0.25) is 0 Å². The van der Waals surface area contributed by atoms with Crippen LogP contribution >= 0.6 is 0 Å². The van der Waals surface area contributed by atoms with E-state index in [4.69, 9.17) is 0 Å². The molecule has 1 aromatic rings. The monoisotopic (exact) mass is 246 g/mol. The van der Waals surface area contributed by atoms with Crippen LogP contribution in [0.25, 0.3) is 0 Å². The van der Waals surface area contributed by atoms with E-state index < -0.39 is 0 Å². The third-order valence-electron chi connectivity index (χ3n) is 4.57. The van der Waals surface area contributed by atoms with Crippen molar-refractivity contribution in [3.63, 3.8) is 0 Å². The van der Waals surface area contributed by atoms with E-state index in [-0.39, 0.29) is 0 Å². The first-order chi connectivity index (χ1) is 8.66. The van der Waals surface area contributed by atoms with Gasteiger partial charge in [0, 0.05) is 17.9 Å². The van der Waals surface area contributed by atoms with Crippen LogP contribution in [0.2, 0.25) is 0 Å². The van der Waals surface area contributed by atoms with Gasteiger partial charge in [0.05, 0.1) is 6.04 Å². The molecule has 2 rings (SSSR count). The fourth-order valence-electron chi connectivity index (χ4n) is 3.45. The molecule has 1 heteroatoms. The fraction of sp³-hybridized carbons (Fsp3) is 0.647. The Hall–Kier alpha value is -0.820. The molecule has 0 saturated heterocycles. The summed E-state index contributed by atoms with van der Waals surface area (Å²) in [4.78, 5) is 0. The Labute approximate surface area is 112 Å². The summed E-state index contributed by atoms with van der Waals surface area (Å²) in [6.45, 7) is 8.34. The molecule has 100 valence electrons. The lowest BCUT2D eigenvalue weighted by Crippen LogP contribution is -2.91. The zero-order valence-corrected chi connectivity index (χ0v) is 12.1. The molecule has 0 heterocycles. The van der Waals surface area contributed by atoms with Gasteiger partial charge in [0.15, 0.2) is 0 Å². The van der Waals surface area contributed by atoms with E-state index in [1.165, 1.54) is 24.8 Å². The van der Waals surface area contributed by atoms with Crippen molar-refractivity contribution in [3.8, 4) is 0 Å². The maximum Gasteiger partial charge on any atom is 0.101 e. The lowest BCUT2D eigenvalue weighted by molar-refractivity contribution is -0.715. The summed E-state index contributed by atoms with van der Waals surface area (Å²) in [5.41, 5.74) is 1.46. The molecular formula is C17H28N+. The second kappa shape index (κ2) is 6.38. The minimum absolute atomic E-state index is 0.828. The molecule has 1 nitrogen and oxygen atoms in total. The number of rotatable bonds is 4. The zero-order valence-electron chi connectivity index (χ0n) is 12.1. The summed E-state index contributed by atoms with van der Waals surface area (Å²) < 4.78 is 0. The second-order valence-electron chi connectivity index (χ2n) is 6.42. The second-order valence-corrected chi connectivity index (χ2v) is 6.42. The van der Waals surface area contributed by atoms with Crippen LogP contribution in [0.15, 0.2) is 30.3 Å². The van der Waals surface area contributed by atoms with Gasteiger partial charge in [0.1, 0.15) is 6.54 Å². The fourth-order valence-corrected chi connectivity index (χ4v) is 3.45. The van der Waals surface area contributed by atoms with Crippen molar-refractivity contribution in [2.45, 2.75) is 52.6 Å². The van der Waals surface area contributed by atoms with Gasteiger partial charge in [-0.25, -0.2) is 0 Å². The van der Waals surface area contributed by atoms with Gasteiger partial charge in [-0.1, -0.05) is 51.1 Å². The molecule has 1 aromatic carbocycles. The molecule has 2 N–H and O–H groups in total. The van der Waals surface area contributed by atoms with E-state index in [1.807, 2.05) is 0 Å². The molecule has 1 saturated carbocycles. The van der Waals surface area contributed by atoms with Gasteiger partial charge in [-0.2, -0.15) is 0 Å². The molecular weight excluding hydrogens is 218 g/mol. The van der Waals surface area contributed by atoms with Crippen molar-refractivity contribution in [2.24, 2.45) is 17.8 Å². The number of hydrogen-bond donors (Lipinski definition) is 1. The molecule has 0 spiro atoms. The van der Waals surface area contributed by atoms with E-state index >= 15 is 0 Å². The van der Waals surface area contributed by atoms with Gasteiger partial charge in [0.25, 0.3) is 0 Å². The Balaban J connectivity index is 1.92. The molecule has 0 amide bonds. The van der Waals surface area contributed by atoms with Crippen molar-refractivity contribution < 1.29 is 5.32 Å². The highest BCUT2D eigenvalue weighted by atomic mass is 14.9. The Kier molecular flexibility index (Phi) is 4.82. The number of nitrogens with two attached hydrogens (primary N) is 1. The average molecular weight is 246 g/mol. The van der Waals surface area contributed by atoms with Crippen LogP contribution in [0.5, 0.6) is 0 Å². The van der Waals surface area contributed by atoms with E-state index in [1.54, 1.807) is 0 Å². The predicted molar refractivity (Wildman–Crippen MR) is 77.2 cm³/mol. The van der Waals surface area contributed by atoms with Crippen LogP contribution < -0.4 is 5.32 Å². The SMILES string of the molecule is CC(C)[C@H]1CC[C@H](C)C[C@H]1[NH2+]Cc1ccccc1. The molecule has 3 atom stereocenters. The zero-order chi connectivity index (χ0) is 13.0. The summed E-state index contributed by atoms with van der Waals surface area (Å²) in [7, 11) is 0. The predicted octanol–water partition coefficient (Wildman–Crippen LogP) is 3.21. The first-order valence-corrected chi connectivity index (χ1v) is 7.54. The van der Waals surface area contributed by atoms with E-state index in [2.05, 4.69) is 56.4 Å². The van der Waals surface area contributed by atoms with Crippen LogP contribution in [-0.2, 0) is 6.54 Å². The Morgan fingerprint density at radius 1 is 1.17 bits per heavy atom. The molecule has 1 aliphatic carbocycles. The lowest BCUT2D eigenvalue weighted by Gasteiger charge is -2.35. The first-order valence-electron chi connectivity index (χ1n) is 7.54. The summed E-state index contributed by atoms with van der Waals surface area (Å²) >= 11 is 0. The van der Waals surface area contributed by atoms with Gasteiger partial charge in [0.2, 0.25) is 0 Å². The molecule has 18 heavy (non-hydrogen) atoms. The lowest BCUT2D eigenvalue weighted by atomic mass is 9.74. The van der Waals surface area contributed by atoms with Gasteiger partial charge < -0.3 is 5.32 Å². The maximum atomic E-state index is 2.59. The standard InChI is InChI=1S/C17H27N/c1-13(2)16-10-9-14(3)11-17(16)18-12-15-7-5-4-6-8-15/h4-8,13-14,16-18H,9-12H2,1-3H3/p+1/t14-,16+,17+/m0/s1. The largest absolute Gasteiger partial charge is 0.340 e.